The molecule has 0 aliphatic carbocycles. The van der Waals surface area contributed by atoms with Gasteiger partial charge in [0.1, 0.15) is 11.9 Å². The van der Waals surface area contributed by atoms with Crippen LogP contribution in [0.1, 0.15) is 29.4 Å². The highest BCUT2D eigenvalue weighted by molar-refractivity contribution is 7.89. The number of hydrogen-bond acceptors (Lipinski definition) is 4. The van der Waals surface area contributed by atoms with Crippen LogP contribution in [-0.2, 0) is 28.3 Å². The van der Waals surface area contributed by atoms with Gasteiger partial charge in [0.05, 0.1) is 4.90 Å². The van der Waals surface area contributed by atoms with E-state index in [0.717, 1.165) is 11.1 Å². The maximum absolute atomic E-state index is 13.1. The van der Waals surface area contributed by atoms with Crippen LogP contribution in [0, 0.1) is 0 Å². The molecule has 0 saturated carbocycles. The molecule has 2 N–H and O–H groups in total. The van der Waals surface area contributed by atoms with Gasteiger partial charge in [-0.15, -0.1) is 0 Å². The SMILES string of the molecule is Cn1ccnc1[C@H](NS(=O)(=O)c1ccc2c(c1)CCC(=O)N2)c1ccccc1. The molecule has 1 aliphatic heterocycles. The van der Waals surface area contributed by atoms with Gasteiger partial charge in [-0.25, -0.2) is 13.4 Å². The van der Waals surface area contributed by atoms with Crippen LogP contribution in [0.5, 0.6) is 0 Å². The molecule has 0 saturated heterocycles. The number of imidazole rings is 1. The van der Waals surface area contributed by atoms with Gasteiger partial charge in [-0.05, 0) is 35.7 Å². The van der Waals surface area contributed by atoms with Crippen molar-refractivity contribution in [1.29, 1.82) is 0 Å². The van der Waals surface area contributed by atoms with E-state index in [9.17, 15) is 13.2 Å². The van der Waals surface area contributed by atoms with Crippen LogP contribution in [0.25, 0.3) is 0 Å². The predicted molar refractivity (Wildman–Crippen MR) is 105 cm³/mol. The number of nitrogens with one attached hydrogen (secondary N) is 2. The third-order valence-electron chi connectivity index (χ3n) is 4.81. The van der Waals surface area contributed by atoms with Crippen molar-refractivity contribution in [3.8, 4) is 0 Å². The third kappa shape index (κ3) is 3.56. The molecule has 0 spiro atoms. The molecule has 144 valence electrons. The second-order valence-electron chi connectivity index (χ2n) is 6.73. The Kier molecular flexibility index (Phi) is 4.74. The van der Waals surface area contributed by atoms with Crippen LogP contribution in [0.2, 0.25) is 0 Å². The number of sulfonamides is 1. The van der Waals surface area contributed by atoms with Crippen LogP contribution in [-0.4, -0.2) is 23.9 Å². The average molecular weight is 396 g/mol. The fourth-order valence-corrected chi connectivity index (χ4v) is 4.55. The molecule has 8 heteroatoms. The summed E-state index contributed by atoms with van der Waals surface area (Å²) in [6.45, 7) is 0. The van der Waals surface area contributed by atoms with Gasteiger partial charge in [-0.2, -0.15) is 4.72 Å². The molecule has 28 heavy (non-hydrogen) atoms. The summed E-state index contributed by atoms with van der Waals surface area (Å²) < 4.78 is 30.9. The van der Waals surface area contributed by atoms with Crippen molar-refractivity contribution in [1.82, 2.24) is 14.3 Å². The zero-order chi connectivity index (χ0) is 19.7. The fourth-order valence-electron chi connectivity index (χ4n) is 3.32. The molecule has 3 aromatic rings. The largest absolute Gasteiger partial charge is 0.336 e. The van der Waals surface area contributed by atoms with Gasteiger partial charge in [0.15, 0.2) is 0 Å². The van der Waals surface area contributed by atoms with Crippen LogP contribution in [0.4, 0.5) is 5.69 Å². The number of aromatic nitrogens is 2. The zero-order valence-electron chi connectivity index (χ0n) is 15.3. The van der Waals surface area contributed by atoms with E-state index in [2.05, 4.69) is 15.0 Å². The maximum atomic E-state index is 13.1. The van der Waals surface area contributed by atoms with E-state index in [1.807, 2.05) is 37.4 Å². The first-order valence-corrected chi connectivity index (χ1v) is 10.4. The van der Waals surface area contributed by atoms with Gasteiger partial charge in [-0.1, -0.05) is 30.3 Å². The van der Waals surface area contributed by atoms with E-state index >= 15 is 0 Å². The molecule has 0 bridgehead atoms. The van der Waals surface area contributed by atoms with Gasteiger partial charge in [0, 0.05) is 31.5 Å². The molecule has 0 unspecified atom stereocenters. The van der Waals surface area contributed by atoms with Crippen LogP contribution in [0.3, 0.4) is 0 Å². The summed E-state index contributed by atoms with van der Waals surface area (Å²) in [6.07, 6.45) is 4.29. The van der Waals surface area contributed by atoms with E-state index in [1.165, 1.54) is 6.07 Å². The molecule has 7 nitrogen and oxygen atoms in total. The topological polar surface area (TPSA) is 93.1 Å². The van der Waals surface area contributed by atoms with Crippen molar-refractivity contribution in [2.75, 3.05) is 5.32 Å². The fraction of sp³-hybridized carbons (Fsp3) is 0.200. The van der Waals surface area contributed by atoms with E-state index in [1.54, 1.807) is 29.1 Å². The molecule has 1 aliphatic rings. The first-order chi connectivity index (χ1) is 13.4. The molecule has 0 fully saturated rings. The molecular weight excluding hydrogens is 376 g/mol. The monoisotopic (exact) mass is 396 g/mol. The molecule has 1 aromatic heterocycles. The van der Waals surface area contributed by atoms with Gasteiger partial charge in [-0.3, -0.25) is 4.79 Å². The molecule has 1 atom stereocenters. The standard InChI is InChI=1S/C20H20N4O3S/c1-24-12-11-21-20(24)19(14-5-3-2-4-6-14)23-28(26,27)16-8-9-17-15(13-16)7-10-18(25)22-17/h2-6,8-9,11-13,19,23H,7,10H2,1H3,(H,22,25)/t19-/m1/s1. The zero-order valence-corrected chi connectivity index (χ0v) is 16.1. The summed E-state index contributed by atoms with van der Waals surface area (Å²) in [5.41, 5.74) is 2.28. The number of aryl methyl sites for hydroxylation is 2. The number of carbonyl (C=O) groups excluding carboxylic acids is 1. The van der Waals surface area contributed by atoms with Crippen molar-refractivity contribution >= 4 is 21.6 Å². The number of amides is 1. The average Bonchev–Trinajstić information content (AvgIpc) is 3.12. The summed E-state index contributed by atoms with van der Waals surface area (Å²) in [4.78, 5) is 16.0. The van der Waals surface area contributed by atoms with E-state index in [-0.39, 0.29) is 10.8 Å². The molecule has 2 aromatic carbocycles. The normalized spacial score (nSPS) is 15.0. The highest BCUT2D eigenvalue weighted by Crippen LogP contribution is 2.27. The van der Waals surface area contributed by atoms with Gasteiger partial charge in [0.2, 0.25) is 15.9 Å². The highest BCUT2D eigenvalue weighted by Gasteiger charge is 2.27. The molecule has 2 heterocycles. The lowest BCUT2D eigenvalue weighted by Crippen LogP contribution is -2.31. The lowest BCUT2D eigenvalue weighted by Gasteiger charge is -2.21. The summed E-state index contributed by atoms with van der Waals surface area (Å²) in [7, 11) is -1.99. The Morgan fingerprint density at radius 3 is 2.64 bits per heavy atom. The summed E-state index contributed by atoms with van der Waals surface area (Å²) in [5.74, 6) is 0.542. The van der Waals surface area contributed by atoms with Crippen molar-refractivity contribution < 1.29 is 13.2 Å². The van der Waals surface area contributed by atoms with Crippen molar-refractivity contribution in [2.45, 2.75) is 23.8 Å². The molecule has 0 radical (unpaired) electrons. The second-order valence-corrected chi connectivity index (χ2v) is 8.44. The van der Waals surface area contributed by atoms with E-state index in [0.29, 0.717) is 24.4 Å². The van der Waals surface area contributed by atoms with Gasteiger partial charge in [0.25, 0.3) is 0 Å². The molecule has 4 rings (SSSR count). The first-order valence-electron chi connectivity index (χ1n) is 8.91. The van der Waals surface area contributed by atoms with E-state index < -0.39 is 16.1 Å². The Labute approximate surface area is 163 Å². The Hall–Kier alpha value is -2.97. The lowest BCUT2D eigenvalue weighted by atomic mass is 10.0. The Morgan fingerprint density at radius 1 is 1.14 bits per heavy atom. The maximum Gasteiger partial charge on any atom is 0.241 e. The van der Waals surface area contributed by atoms with Crippen LogP contribution < -0.4 is 10.0 Å². The number of hydrogen-bond donors (Lipinski definition) is 2. The Morgan fingerprint density at radius 2 is 1.93 bits per heavy atom. The van der Waals surface area contributed by atoms with Gasteiger partial charge < -0.3 is 9.88 Å². The number of carbonyl (C=O) groups is 1. The predicted octanol–water partition coefficient (Wildman–Crippen LogP) is 2.37. The molecular formula is C20H20N4O3S. The minimum absolute atomic E-state index is 0.0554. The molecule has 1 amide bonds. The lowest BCUT2D eigenvalue weighted by molar-refractivity contribution is -0.116. The van der Waals surface area contributed by atoms with Crippen LogP contribution in [0.15, 0.2) is 65.8 Å². The van der Waals surface area contributed by atoms with Gasteiger partial charge >= 0.3 is 0 Å². The quantitative estimate of drug-likeness (QED) is 0.692. The number of fused-ring (bicyclic) bond motifs is 1. The minimum Gasteiger partial charge on any atom is -0.336 e. The minimum atomic E-state index is -3.81. The van der Waals surface area contributed by atoms with Crippen molar-refractivity contribution in [3.05, 3.63) is 77.9 Å². The second kappa shape index (κ2) is 7.21. The summed E-state index contributed by atoms with van der Waals surface area (Å²) >= 11 is 0. The van der Waals surface area contributed by atoms with Crippen molar-refractivity contribution in [2.24, 2.45) is 7.05 Å². The number of nitrogens with zero attached hydrogens (tertiary/aromatic N) is 2. The van der Waals surface area contributed by atoms with Crippen LogP contribution >= 0.6 is 0 Å². The van der Waals surface area contributed by atoms with Crippen molar-refractivity contribution in [3.63, 3.8) is 0 Å². The first kappa shape index (κ1) is 18.4. The Balaban J connectivity index is 1.70. The highest BCUT2D eigenvalue weighted by atomic mass is 32.2. The third-order valence-corrected chi connectivity index (χ3v) is 6.23. The Bertz CT molecular complexity index is 1120. The summed E-state index contributed by atoms with van der Waals surface area (Å²) in [5, 5.41) is 2.77. The number of rotatable bonds is 5. The number of benzene rings is 2. The van der Waals surface area contributed by atoms with E-state index in [4.69, 9.17) is 0 Å². The summed E-state index contributed by atoms with van der Waals surface area (Å²) in [6, 6.07) is 13.5. The smallest absolute Gasteiger partial charge is 0.241 e. The number of anilines is 1.